The van der Waals surface area contributed by atoms with Crippen molar-refractivity contribution in [2.45, 2.75) is 51.0 Å². The van der Waals surface area contributed by atoms with E-state index in [1.807, 2.05) is 24.5 Å². The summed E-state index contributed by atoms with van der Waals surface area (Å²) >= 11 is 1.63. The maximum atomic E-state index is 12.3. The Morgan fingerprint density at radius 1 is 1.29 bits per heavy atom. The first-order valence-corrected chi connectivity index (χ1v) is 8.73. The van der Waals surface area contributed by atoms with Crippen molar-refractivity contribution in [2.75, 3.05) is 13.4 Å². The standard InChI is InChI=1S/C17H27NO2S/c1-12(2)7-6-8-13(3)18-17(19)15-10-9-14(21-5)11-16(15)20-4/h9-13H,6-8H2,1-5H3,(H,18,19)/t13-/m0/s1. The Labute approximate surface area is 132 Å². The summed E-state index contributed by atoms with van der Waals surface area (Å²) in [5.41, 5.74) is 0.603. The van der Waals surface area contributed by atoms with Crippen molar-refractivity contribution >= 4 is 17.7 Å². The van der Waals surface area contributed by atoms with Gasteiger partial charge < -0.3 is 10.1 Å². The van der Waals surface area contributed by atoms with Crippen LogP contribution in [0.3, 0.4) is 0 Å². The molecule has 0 aliphatic carbocycles. The number of rotatable bonds is 8. The Kier molecular flexibility index (Phi) is 7.65. The van der Waals surface area contributed by atoms with Gasteiger partial charge in [-0.15, -0.1) is 11.8 Å². The topological polar surface area (TPSA) is 38.3 Å². The minimum absolute atomic E-state index is 0.0587. The Balaban J connectivity index is 2.62. The molecule has 118 valence electrons. The first-order chi connectivity index (χ1) is 9.97. The number of methoxy groups -OCH3 is 1. The molecule has 4 heteroatoms. The van der Waals surface area contributed by atoms with E-state index in [0.29, 0.717) is 17.2 Å². The highest BCUT2D eigenvalue weighted by Crippen LogP contribution is 2.25. The molecule has 0 unspecified atom stereocenters. The van der Waals surface area contributed by atoms with E-state index in [4.69, 9.17) is 4.74 Å². The number of hydrogen-bond acceptors (Lipinski definition) is 3. The normalized spacial score (nSPS) is 12.3. The molecule has 0 bridgehead atoms. The van der Waals surface area contributed by atoms with Gasteiger partial charge in [-0.2, -0.15) is 0 Å². The number of ether oxygens (including phenoxy) is 1. The van der Waals surface area contributed by atoms with Crippen LogP contribution < -0.4 is 10.1 Å². The molecule has 0 spiro atoms. The van der Waals surface area contributed by atoms with E-state index in [1.54, 1.807) is 18.9 Å². The van der Waals surface area contributed by atoms with Crippen LogP contribution in [-0.4, -0.2) is 25.3 Å². The number of nitrogens with one attached hydrogen (secondary N) is 1. The summed E-state index contributed by atoms with van der Waals surface area (Å²) in [6.07, 6.45) is 5.36. The molecular weight excluding hydrogens is 282 g/mol. The summed E-state index contributed by atoms with van der Waals surface area (Å²) in [5.74, 6) is 1.29. The largest absolute Gasteiger partial charge is 0.496 e. The SMILES string of the molecule is COc1cc(SC)ccc1C(=O)N[C@@H](C)CCCC(C)C. The molecule has 0 saturated heterocycles. The van der Waals surface area contributed by atoms with Crippen molar-refractivity contribution in [2.24, 2.45) is 5.92 Å². The Hall–Kier alpha value is -1.16. The molecule has 0 radical (unpaired) electrons. The molecule has 3 nitrogen and oxygen atoms in total. The van der Waals surface area contributed by atoms with Crippen molar-refractivity contribution in [3.8, 4) is 5.75 Å². The number of hydrogen-bond donors (Lipinski definition) is 1. The number of amides is 1. The Morgan fingerprint density at radius 3 is 2.57 bits per heavy atom. The predicted octanol–water partition coefficient (Wildman–Crippen LogP) is 4.36. The van der Waals surface area contributed by atoms with Crippen molar-refractivity contribution < 1.29 is 9.53 Å². The first-order valence-electron chi connectivity index (χ1n) is 7.50. The zero-order valence-corrected chi connectivity index (χ0v) is 14.5. The maximum absolute atomic E-state index is 12.3. The summed E-state index contributed by atoms with van der Waals surface area (Å²) in [6, 6.07) is 5.87. The smallest absolute Gasteiger partial charge is 0.255 e. The third-order valence-corrected chi connectivity index (χ3v) is 4.17. The lowest BCUT2D eigenvalue weighted by Crippen LogP contribution is -2.32. The van der Waals surface area contributed by atoms with Gasteiger partial charge in [-0.25, -0.2) is 0 Å². The van der Waals surface area contributed by atoms with Crippen LogP contribution in [0.1, 0.15) is 50.4 Å². The summed E-state index contributed by atoms with van der Waals surface area (Å²) in [4.78, 5) is 13.4. The van der Waals surface area contributed by atoms with Crippen LogP contribution in [0.5, 0.6) is 5.75 Å². The van der Waals surface area contributed by atoms with Crippen LogP contribution >= 0.6 is 11.8 Å². The van der Waals surface area contributed by atoms with Crippen molar-refractivity contribution in [1.29, 1.82) is 0 Å². The fourth-order valence-electron chi connectivity index (χ4n) is 2.19. The lowest BCUT2D eigenvalue weighted by atomic mass is 10.0. The summed E-state index contributed by atoms with van der Waals surface area (Å²) in [7, 11) is 1.60. The van der Waals surface area contributed by atoms with Crippen LogP contribution in [0.4, 0.5) is 0 Å². The van der Waals surface area contributed by atoms with Crippen LogP contribution in [0.2, 0.25) is 0 Å². The lowest BCUT2D eigenvalue weighted by Gasteiger charge is -2.16. The quantitative estimate of drug-likeness (QED) is 0.725. The second-order valence-corrected chi connectivity index (χ2v) is 6.65. The van der Waals surface area contributed by atoms with E-state index >= 15 is 0 Å². The van der Waals surface area contributed by atoms with Gasteiger partial charge in [0.1, 0.15) is 5.75 Å². The molecule has 1 N–H and O–H groups in total. The summed E-state index contributed by atoms with van der Waals surface area (Å²) in [6.45, 7) is 6.50. The zero-order chi connectivity index (χ0) is 15.8. The van der Waals surface area contributed by atoms with Crippen LogP contribution in [-0.2, 0) is 0 Å². The van der Waals surface area contributed by atoms with Crippen LogP contribution in [0.25, 0.3) is 0 Å². The number of thioether (sulfide) groups is 1. The second-order valence-electron chi connectivity index (χ2n) is 5.77. The maximum Gasteiger partial charge on any atom is 0.255 e. The third kappa shape index (κ3) is 6.00. The van der Waals surface area contributed by atoms with Gasteiger partial charge >= 0.3 is 0 Å². The van der Waals surface area contributed by atoms with Crippen molar-refractivity contribution in [3.63, 3.8) is 0 Å². The van der Waals surface area contributed by atoms with Crippen molar-refractivity contribution in [3.05, 3.63) is 23.8 Å². The van der Waals surface area contributed by atoms with Gasteiger partial charge in [0, 0.05) is 10.9 Å². The predicted molar refractivity (Wildman–Crippen MR) is 90.4 cm³/mol. The number of benzene rings is 1. The molecule has 0 aliphatic heterocycles. The first kappa shape index (κ1) is 17.9. The fraction of sp³-hybridized carbons (Fsp3) is 0.588. The highest BCUT2D eigenvalue weighted by Gasteiger charge is 2.15. The molecule has 1 rings (SSSR count). The minimum Gasteiger partial charge on any atom is -0.496 e. The summed E-state index contributed by atoms with van der Waals surface area (Å²) < 4.78 is 5.33. The van der Waals surface area contributed by atoms with E-state index in [0.717, 1.165) is 17.7 Å². The van der Waals surface area contributed by atoms with Crippen LogP contribution in [0.15, 0.2) is 23.1 Å². The third-order valence-electron chi connectivity index (χ3n) is 3.45. The van der Waals surface area contributed by atoms with Gasteiger partial charge in [0.2, 0.25) is 0 Å². The molecule has 1 aromatic carbocycles. The van der Waals surface area contributed by atoms with E-state index in [-0.39, 0.29) is 11.9 Å². The molecular formula is C17H27NO2S. The molecule has 0 heterocycles. The van der Waals surface area contributed by atoms with E-state index in [1.165, 1.54) is 6.42 Å². The Bertz CT molecular complexity index is 460. The molecule has 1 atom stereocenters. The molecule has 0 aromatic heterocycles. The van der Waals surface area contributed by atoms with E-state index < -0.39 is 0 Å². The van der Waals surface area contributed by atoms with Gasteiger partial charge in [0.15, 0.2) is 0 Å². The molecule has 1 amide bonds. The molecule has 0 saturated carbocycles. The highest BCUT2D eigenvalue weighted by molar-refractivity contribution is 7.98. The average molecular weight is 309 g/mol. The second kappa shape index (κ2) is 8.98. The number of carbonyl (C=O) groups excluding carboxylic acids is 1. The average Bonchev–Trinajstić information content (AvgIpc) is 2.45. The molecule has 0 fully saturated rings. The minimum atomic E-state index is -0.0587. The van der Waals surface area contributed by atoms with Crippen LogP contribution in [0, 0.1) is 5.92 Å². The van der Waals surface area contributed by atoms with Gasteiger partial charge in [0.05, 0.1) is 12.7 Å². The fourth-order valence-corrected chi connectivity index (χ4v) is 2.62. The molecule has 21 heavy (non-hydrogen) atoms. The van der Waals surface area contributed by atoms with Gasteiger partial charge in [0.25, 0.3) is 5.91 Å². The van der Waals surface area contributed by atoms with Gasteiger partial charge in [-0.1, -0.05) is 26.7 Å². The lowest BCUT2D eigenvalue weighted by molar-refractivity contribution is 0.0934. The summed E-state index contributed by atoms with van der Waals surface area (Å²) in [5, 5.41) is 3.06. The Morgan fingerprint density at radius 2 is 2.00 bits per heavy atom. The molecule has 1 aromatic rings. The van der Waals surface area contributed by atoms with Crippen molar-refractivity contribution in [1.82, 2.24) is 5.32 Å². The zero-order valence-electron chi connectivity index (χ0n) is 13.7. The van der Waals surface area contributed by atoms with Gasteiger partial charge in [-0.05, 0) is 43.7 Å². The number of carbonyl (C=O) groups is 1. The molecule has 0 aliphatic rings. The van der Waals surface area contributed by atoms with Gasteiger partial charge in [-0.3, -0.25) is 4.79 Å². The monoisotopic (exact) mass is 309 g/mol. The van der Waals surface area contributed by atoms with E-state index in [2.05, 4.69) is 26.1 Å². The highest BCUT2D eigenvalue weighted by atomic mass is 32.2. The van der Waals surface area contributed by atoms with E-state index in [9.17, 15) is 4.79 Å².